The largest absolute Gasteiger partial charge is 0.388 e. The fourth-order valence-corrected chi connectivity index (χ4v) is 5.22. The predicted molar refractivity (Wildman–Crippen MR) is 128 cm³/mol. The Morgan fingerprint density at radius 1 is 1.35 bits per heavy atom. The highest BCUT2D eigenvalue weighted by Gasteiger charge is 2.50. The number of carbonyl (C=O) groups excluding carboxylic acids is 2. The van der Waals surface area contributed by atoms with Crippen LogP contribution in [-0.4, -0.2) is 74.9 Å². The number of hydrogen-bond donors (Lipinski definition) is 4. The molecule has 3 heterocycles. The standard InChI is InChI=1S/C22H34BrN5O6/c1-14(29)25-8-4-3-5-16(24)19(31)27-9-6-22(7-10-27)13-21(2,33)17(12-34-22)28-11-15(23)18(30)26-20(28)32/h11,16-17,33H,3-10,12-13,24H2,1-2H3,(H,25,29)(H,26,30,32)/t16-,17-,21-/m0/s1. The van der Waals surface area contributed by atoms with Crippen LogP contribution in [0.1, 0.15) is 58.4 Å². The summed E-state index contributed by atoms with van der Waals surface area (Å²) >= 11 is 3.12. The molecule has 0 unspecified atom stereocenters. The van der Waals surface area contributed by atoms with Crippen LogP contribution in [-0.2, 0) is 14.3 Å². The first-order valence-electron chi connectivity index (χ1n) is 11.6. The average Bonchev–Trinajstić information content (AvgIpc) is 2.75. The van der Waals surface area contributed by atoms with Crippen molar-refractivity contribution in [1.82, 2.24) is 19.8 Å². The summed E-state index contributed by atoms with van der Waals surface area (Å²) in [4.78, 5) is 51.6. The summed E-state index contributed by atoms with van der Waals surface area (Å²) in [6, 6.07) is -1.25. The van der Waals surface area contributed by atoms with Gasteiger partial charge in [-0.2, -0.15) is 0 Å². The maximum atomic E-state index is 12.8. The van der Waals surface area contributed by atoms with Crippen LogP contribution < -0.4 is 22.3 Å². The van der Waals surface area contributed by atoms with Gasteiger partial charge in [-0.05, 0) is 55.0 Å². The Morgan fingerprint density at radius 2 is 2.03 bits per heavy atom. The maximum Gasteiger partial charge on any atom is 0.328 e. The molecule has 1 spiro atoms. The molecule has 3 rings (SSSR count). The summed E-state index contributed by atoms with van der Waals surface area (Å²) < 4.78 is 7.69. The molecule has 0 radical (unpaired) electrons. The summed E-state index contributed by atoms with van der Waals surface area (Å²) in [6.45, 7) is 4.76. The van der Waals surface area contributed by atoms with E-state index in [0.717, 1.165) is 12.8 Å². The van der Waals surface area contributed by atoms with Crippen LogP contribution >= 0.6 is 15.9 Å². The molecule has 12 heteroatoms. The third-order valence-corrected chi connectivity index (χ3v) is 7.39. The molecular weight excluding hydrogens is 510 g/mol. The van der Waals surface area contributed by atoms with Crippen LogP contribution in [0.2, 0.25) is 0 Å². The average molecular weight is 544 g/mol. The predicted octanol–water partition coefficient (Wildman–Crippen LogP) is 0.00640. The first-order valence-corrected chi connectivity index (χ1v) is 12.4. The fourth-order valence-electron chi connectivity index (χ4n) is 4.90. The fraction of sp³-hybridized carbons (Fsp3) is 0.727. The Bertz CT molecular complexity index is 1010. The van der Waals surface area contributed by atoms with Crippen LogP contribution in [0.4, 0.5) is 0 Å². The zero-order chi connectivity index (χ0) is 25.1. The Hall–Kier alpha value is -2.02. The quantitative estimate of drug-likeness (QED) is 0.352. The summed E-state index contributed by atoms with van der Waals surface area (Å²) in [5.41, 5.74) is 3.13. The number of nitrogens with two attached hydrogens (primary N) is 1. The number of piperidine rings is 1. The molecule has 1 aromatic rings. The number of amides is 2. The van der Waals surface area contributed by atoms with Gasteiger partial charge in [-0.15, -0.1) is 0 Å². The lowest BCUT2D eigenvalue weighted by atomic mass is 9.75. The van der Waals surface area contributed by atoms with Crippen molar-refractivity contribution in [3.05, 3.63) is 31.5 Å². The summed E-state index contributed by atoms with van der Waals surface area (Å²) in [6.07, 6.45) is 4.85. The molecule has 0 aliphatic carbocycles. The molecule has 11 nitrogen and oxygen atoms in total. The molecule has 0 aromatic carbocycles. The minimum atomic E-state index is -1.25. The Balaban J connectivity index is 1.55. The third-order valence-electron chi connectivity index (χ3n) is 6.82. The lowest BCUT2D eigenvalue weighted by Gasteiger charge is -2.51. The van der Waals surface area contributed by atoms with Gasteiger partial charge in [0.25, 0.3) is 5.56 Å². The minimum absolute atomic E-state index is 0.0727. The number of halogens is 1. The molecule has 3 atom stereocenters. The van der Waals surface area contributed by atoms with Gasteiger partial charge in [0.15, 0.2) is 0 Å². The molecule has 0 saturated carbocycles. The number of nitrogens with zero attached hydrogens (tertiary/aromatic N) is 2. The first kappa shape index (κ1) is 26.6. The number of H-pyrrole nitrogens is 1. The number of likely N-dealkylation sites (tertiary alicyclic amines) is 1. The number of nitrogens with one attached hydrogen (secondary N) is 2. The van der Waals surface area contributed by atoms with Crippen molar-refractivity contribution in [2.75, 3.05) is 26.2 Å². The van der Waals surface area contributed by atoms with E-state index < -0.39 is 34.5 Å². The Labute approximate surface area is 206 Å². The molecular formula is C22H34BrN5O6. The minimum Gasteiger partial charge on any atom is -0.388 e. The van der Waals surface area contributed by atoms with Gasteiger partial charge in [-0.1, -0.05) is 0 Å². The molecule has 2 amide bonds. The lowest BCUT2D eigenvalue weighted by molar-refractivity contribution is -0.198. The third kappa shape index (κ3) is 6.15. The normalized spacial score (nSPS) is 25.2. The molecule has 190 valence electrons. The van der Waals surface area contributed by atoms with Crippen molar-refractivity contribution in [3.63, 3.8) is 0 Å². The van der Waals surface area contributed by atoms with Gasteiger partial charge >= 0.3 is 5.69 Å². The van der Waals surface area contributed by atoms with Crippen molar-refractivity contribution in [2.45, 2.75) is 75.7 Å². The number of aromatic nitrogens is 2. The molecule has 34 heavy (non-hydrogen) atoms. The summed E-state index contributed by atoms with van der Waals surface area (Å²) in [5.74, 6) is -0.170. The van der Waals surface area contributed by atoms with Gasteiger partial charge < -0.3 is 25.8 Å². The van der Waals surface area contributed by atoms with Gasteiger partial charge in [-0.25, -0.2) is 4.79 Å². The van der Waals surface area contributed by atoms with Crippen LogP contribution in [0, 0.1) is 0 Å². The highest BCUT2D eigenvalue weighted by Crippen LogP contribution is 2.43. The first-order chi connectivity index (χ1) is 15.9. The molecule has 2 saturated heterocycles. The summed E-state index contributed by atoms with van der Waals surface area (Å²) in [5, 5.41) is 14.0. The van der Waals surface area contributed by atoms with Gasteiger partial charge in [0.05, 0.1) is 34.4 Å². The second-order valence-corrected chi connectivity index (χ2v) is 10.5. The van der Waals surface area contributed by atoms with Crippen LogP contribution in [0.25, 0.3) is 0 Å². The molecule has 2 aliphatic heterocycles. The number of rotatable bonds is 7. The van der Waals surface area contributed by atoms with E-state index in [9.17, 15) is 24.3 Å². The van der Waals surface area contributed by atoms with Gasteiger partial charge in [0.1, 0.15) is 0 Å². The zero-order valence-electron chi connectivity index (χ0n) is 19.6. The van der Waals surface area contributed by atoms with Crippen LogP contribution in [0.15, 0.2) is 20.3 Å². The van der Waals surface area contributed by atoms with E-state index in [1.54, 1.807) is 11.8 Å². The Morgan fingerprint density at radius 3 is 2.65 bits per heavy atom. The van der Waals surface area contributed by atoms with Gasteiger partial charge in [-0.3, -0.25) is 23.9 Å². The second-order valence-electron chi connectivity index (χ2n) is 9.60. The number of hydrogen-bond acceptors (Lipinski definition) is 7. The van der Waals surface area contributed by atoms with Crippen molar-refractivity contribution >= 4 is 27.7 Å². The number of aliphatic hydroxyl groups is 1. The highest BCUT2D eigenvalue weighted by atomic mass is 79.9. The van der Waals surface area contributed by atoms with Crippen molar-refractivity contribution in [2.24, 2.45) is 5.73 Å². The maximum absolute atomic E-state index is 12.8. The van der Waals surface area contributed by atoms with Crippen molar-refractivity contribution in [3.8, 4) is 0 Å². The van der Waals surface area contributed by atoms with Gasteiger partial charge in [0, 0.05) is 39.2 Å². The van der Waals surface area contributed by atoms with E-state index >= 15 is 0 Å². The van der Waals surface area contributed by atoms with Crippen LogP contribution in [0.3, 0.4) is 0 Å². The second kappa shape index (κ2) is 10.7. The van der Waals surface area contributed by atoms with Crippen molar-refractivity contribution in [1.29, 1.82) is 0 Å². The SMILES string of the molecule is CC(=O)NCCCC[C@H](N)C(=O)N1CCC2(CC1)C[C@](C)(O)[C@@H](n1cc(Br)c(=O)[nH]c1=O)CO2. The number of unbranched alkanes of at least 4 members (excludes halogenated alkanes) is 1. The molecule has 5 N–H and O–H groups in total. The van der Waals surface area contributed by atoms with Crippen molar-refractivity contribution < 1.29 is 19.4 Å². The van der Waals surface area contributed by atoms with E-state index in [1.807, 2.05) is 0 Å². The van der Waals surface area contributed by atoms with E-state index in [-0.39, 0.29) is 22.9 Å². The lowest BCUT2D eigenvalue weighted by Crippen LogP contribution is -2.60. The topological polar surface area (TPSA) is 160 Å². The number of carbonyl (C=O) groups is 2. The Kier molecular flexibility index (Phi) is 8.38. The molecule has 2 aliphatic rings. The van der Waals surface area contributed by atoms with Crippen LogP contribution in [0.5, 0.6) is 0 Å². The zero-order valence-corrected chi connectivity index (χ0v) is 21.2. The summed E-state index contributed by atoms with van der Waals surface area (Å²) in [7, 11) is 0. The number of aromatic amines is 1. The van der Waals surface area contributed by atoms with E-state index in [1.165, 1.54) is 17.7 Å². The monoisotopic (exact) mass is 543 g/mol. The molecule has 1 aromatic heterocycles. The van der Waals surface area contributed by atoms with E-state index in [4.69, 9.17) is 10.5 Å². The molecule has 0 bridgehead atoms. The highest BCUT2D eigenvalue weighted by molar-refractivity contribution is 9.10. The molecule has 2 fully saturated rings. The number of ether oxygens (including phenoxy) is 1. The smallest absolute Gasteiger partial charge is 0.328 e. The van der Waals surface area contributed by atoms with E-state index in [0.29, 0.717) is 45.3 Å². The van der Waals surface area contributed by atoms with Gasteiger partial charge in [0.2, 0.25) is 11.8 Å². The van der Waals surface area contributed by atoms with E-state index in [2.05, 4.69) is 26.2 Å².